The highest BCUT2D eigenvalue weighted by Crippen LogP contribution is 2.20. The molecule has 1 aliphatic rings. The van der Waals surface area contributed by atoms with Gasteiger partial charge in [-0.05, 0) is 19.8 Å². The first kappa shape index (κ1) is 17.5. The van der Waals surface area contributed by atoms with Crippen molar-refractivity contribution in [2.75, 3.05) is 19.7 Å². The molecule has 3 rings (SSSR count). The van der Waals surface area contributed by atoms with E-state index < -0.39 is 0 Å². The van der Waals surface area contributed by atoms with Crippen LogP contribution in [0.2, 0.25) is 0 Å². The lowest BCUT2D eigenvalue weighted by molar-refractivity contribution is -0.139. The fourth-order valence-corrected chi connectivity index (χ4v) is 2.83. The second-order valence-electron chi connectivity index (χ2n) is 6.18. The second-order valence-corrected chi connectivity index (χ2v) is 6.18. The van der Waals surface area contributed by atoms with E-state index in [2.05, 4.69) is 32.2 Å². The standard InChI is InChI=1S/C16H24N6O3/c1-3-5-13-18-16(20-19-13)12-10-22(8-9-24-12)15(23)7-4-6-14-17-11(2)21-25-14/h12H,3-10H2,1-2H3,(H,18,19,20)/t12-/m1/s1. The third kappa shape index (κ3) is 4.62. The number of morpholine rings is 1. The molecule has 0 saturated carbocycles. The highest BCUT2D eigenvalue weighted by Gasteiger charge is 2.27. The van der Waals surface area contributed by atoms with Gasteiger partial charge in [0.05, 0.1) is 13.2 Å². The number of carbonyl (C=O) groups is 1. The average molecular weight is 348 g/mol. The minimum atomic E-state index is -0.266. The van der Waals surface area contributed by atoms with Crippen LogP contribution in [0.25, 0.3) is 0 Å². The van der Waals surface area contributed by atoms with Crippen molar-refractivity contribution in [3.8, 4) is 0 Å². The predicted octanol–water partition coefficient (Wildman–Crippen LogP) is 1.37. The van der Waals surface area contributed by atoms with Gasteiger partial charge in [0.2, 0.25) is 11.8 Å². The number of nitrogens with one attached hydrogen (secondary N) is 1. The number of hydrogen-bond donors (Lipinski definition) is 1. The molecular formula is C16H24N6O3. The molecule has 3 heterocycles. The third-order valence-electron chi connectivity index (χ3n) is 4.09. The Morgan fingerprint density at radius 2 is 2.24 bits per heavy atom. The lowest BCUT2D eigenvalue weighted by Gasteiger charge is -2.31. The van der Waals surface area contributed by atoms with Crippen molar-refractivity contribution in [2.24, 2.45) is 0 Å². The molecule has 136 valence electrons. The molecule has 0 radical (unpaired) electrons. The Kier molecular flexibility index (Phi) is 5.75. The number of amides is 1. The summed E-state index contributed by atoms with van der Waals surface area (Å²) >= 11 is 0. The molecule has 2 aromatic heterocycles. The van der Waals surface area contributed by atoms with E-state index in [0.717, 1.165) is 18.7 Å². The first-order valence-electron chi connectivity index (χ1n) is 8.75. The molecular weight excluding hydrogens is 324 g/mol. The third-order valence-corrected chi connectivity index (χ3v) is 4.09. The van der Waals surface area contributed by atoms with E-state index >= 15 is 0 Å². The molecule has 1 saturated heterocycles. The van der Waals surface area contributed by atoms with Gasteiger partial charge >= 0.3 is 0 Å². The summed E-state index contributed by atoms with van der Waals surface area (Å²) in [7, 11) is 0. The number of ether oxygens (including phenoxy) is 1. The SMILES string of the molecule is CCCc1nc([C@H]2CN(C(=O)CCCc3nc(C)no3)CCO2)n[nH]1. The number of H-pyrrole nitrogens is 1. The van der Waals surface area contributed by atoms with Crippen LogP contribution >= 0.6 is 0 Å². The normalized spacial score (nSPS) is 17.8. The molecule has 25 heavy (non-hydrogen) atoms. The Labute approximate surface area is 146 Å². The topological polar surface area (TPSA) is 110 Å². The summed E-state index contributed by atoms with van der Waals surface area (Å²) < 4.78 is 10.8. The second kappa shape index (κ2) is 8.19. The van der Waals surface area contributed by atoms with Gasteiger partial charge in [0.25, 0.3) is 0 Å². The lowest BCUT2D eigenvalue weighted by Crippen LogP contribution is -2.42. The fourth-order valence-electron chi connectivity index (χ4n) is 2.83. The summed E-state index contributed by atoms with van der Waals surface area (Å²) in [6, 6.07) is 0. The van der Waals surface area contributed by atoms with Crippen LogP contribution in [-0.4, -0.2) is 55.8 Å². The average Bonchev–Trinajstić information content (AvgIpc) is 3.24. The highest BCUT2D eigenvalue weighted by atomic mass is 16.5. The van der Waals surface area contributed by atoms with Crippen LogP contribution in [0.4, 0.5) is 0 Å². The number of hydrogen-bond acceptors (Lipinski definition) is 7. The van der Waals surface area contributed by atoms with Gasteiger partial charge in [-0.2, -0.15) is 10.1 Å². The van der Waals surface area contributed by atoms with E-state index in [-0.39, 0.29) is 12.0 Å². The van der Waals surface area contributed by atoms with Crippen LogP contribution in [0.3, 0.4) is 0 Å². The number of aryl methyl sites for hydroxylation is 3. The quantitative estimate of drug-likeness (QED) is 0.804. The highest BCUT2D eigenvalue weighted by molar-refractivity contribution is 5.76. The van der Waals surface area contributed by atoms with Crippen molar-refractivity contribution < 1.29 is 14.1 Å². The Balaban J connectivity index is 1.48. The first-order chi connectivity index (χ1) is 12.2. The fraction of sp³-hybridized carbons (Fsp3) is 0.688. The number of carbonyl (C=O) groups excluding carboxylic acids is 1. The molecule has 0 spiro atoms. The molecule has 0 bridgehead atoms. The van der Waals surface area contributed by atoms with E-state index in [0.29, 0.717) is 56.5 Å². The van der Waals surface area contributed by atoms with Crippen molar-refractivity contribution in [1.29, 1.82) is 0 Å². The summed E-state index contributed by atoms with van der Waals surface area (Å²) in [6.45, 7) is 5.45. The zero-order valence-corrected chi connectivity index (χ0v) is 14.7. The summed E-state index contributed by atoms with van der Waals surface area (Å²) in [5, 5.41) is 10.9. The smallest absolute Gasteiger partial charge is 0.226 e. The number of rotatable bonds is 7. The van der Waals surface area contributed by atoms with Crippen LogP contribution in [0.5, 0.6) is 0 Å². The van der Waals surface area contributed by atoms with Gasteiger partial charge in [-0.25, -0.2) is 4.98 Å². The predicted molar refractivity (Wildman–Crippen MR) is 87.6 cm³/mol. The monoisotopic (exact) mass is 348 g/mol. The van der Waals surface area contributed by atoms with Crippen molar-refractivity contribution in [3.63, 3.8) is 0 Å². The Morgan fingerprint density at radius 1 is 1.36 bits per heavy atom. The van der Waals surface area contributed by atoms with Gasteiger partial charge in [0, 0.05) is 25.8 Å². The van der Waals surface area contributed by atoms with Gasteiger partial charge in [-0.3, -0.25) is 9.89 Å². The van der Waals surface area contributed by atoms with E-state index in [1.165, 1.54) is 0 Å². The summed E-state index contributed by atoms with van der Waals surface area (Å²) in [5.41, 5.74) is 0. The Hall–Kier alpha value is -2.29. The first-order valence-corrected chi connectivity index (χ1v) is 8.75. The molecule has 9 nitrogen and oxygen atoms in total. The number of nitrogens with zero attached hydrogens (tertiary/aromatic N) is 5. The molecule has 1 aliphatic heterocycles. The van der Waals surface area contributed by atoms with E-state index in [9.17, 15) is 4.79 Å². The molecule has 2 aromatic rings. The van der Waals surface area contributed by atoms with Crippen molar-refractivity contribution >= 4 is 5.91 Å². The maximum atomic E-state index is 12.4. The molecule has 0 unspecified atom stereocenters. The van der Waals surface area contributed by atoms with E-state index in [4.69, 9.17) is 9.26 Å². The zero-order valence-electron chi connectivity index (χ0n) is 14.7. The van der Waals surface area contributed by atoms with Gasteiger partial charge < -0.3 is 14.2 Å². The van der Waals surface area contributed by atoms with Crippen molar-refractivity contribution in [3.05, 3.63) is 23.4 Å². The van der Waals surface area contributed by atoms with Crippen LogP contribution in [0.1, 0.15) is 55.7 Å². The zero-order chi connectivity index (χ0) is 17.6. The Bertz CT molecular complexity index is 698. The molecule has 1 atom stereocenters. The van der Waals surface area contributed by atoms with Crippen molar-refractivity contribution in [1.82, 2.24) is 30.2 Å². The summed E-state index contributed by atoms with van der Waals surface area (Å²) in [5.74, 6) is 2.79. The van der Waals surface area contributed by atoms with Gasteiger partial charge in [0.1, 0.15) is 11.9 Å². The lowest BCUT2D eigenvalue weighted by atomic mass is 10.2. The van der Waals surface area contributed by atoms with E-state index in [1.54, 1.807) is 6.92 Å². The molecule has 1 amide bonds. The maximum absolute atomic E-state index is 12.4. The minimum absolute atomic E-state index is 0.105. The maximum Gasteiger partial charge on any atom is 0.226 e. The summed E-state index contributed by atoms with van der Waals surface area (Å²) in [4.78, 5) is 22.9. The van der Waals surface area contributed by atoms with Crippen LogP contribution in [-0.2, 0) is 22.4 Å². The summed E-state index contributed by atoms with van der Waals surface area (Å²) in [6.07, 6.45) is 3.34. The largest absolute Gasteiger partial charge is 0.366 e. The molecule has 1 fully saturated rings. The molecule has 1 N–H and O–H groups in total. The van der Waals surface area contributed by atoms with Gasteiger partial charge in [-0.15, -0.1) is 0 Å². The van der Waals surface area contributed by atoms with Gasteiger partial charge in [-0.1, -0.05) is 12.1 Å². The number of aromatic amines is 1. The van der Waals surface area contributed by atoms with Crippen LogP contribution < -0.4 is 0 Å². The van der Waals surface area contributed by atoms with Crippen molar-refractivity contribution in [2.45, 2.75) is 52.1 Å². The van der Waals surface area contributed by atoms with E-state index in [1.807, 2.05) is 4.90 Å². The Morgan fingerprint density at radius 3 is 3.00 bits per heavy atom. The number of aromatic nitrogens is 5. The van der Waals surface area contributed by atoms with Crippen LogP contribution in [0, 0.1) is 6.92 Å². The van der Waals surface area contributed by atoms with Crippen LogP contribution in [0.15, 0.2) is 4.52 Å². The minimum Gasteiger partial charge on any atom is -0.366 e. The molecule has 0 aliphatic carbocycles. The van der Waals surface area contributed by atoms with Gasteiger partial charge in [0.15, 0.2) is 11.6 Å². The molecule has 0 aromatic carbocycles. The molecule has 9 heteroatoms.